The number of rotatable bonds is 10. The van der Waals surface area contributed by atoms with Crippen molar-refractivity contribution >= 4 is 5.96 Å². The molecule has 1 aromatic rings. The average molecular weight is 332 g/mol. The molecular formula is C20H33N3O. The minimum atomic E-state index is 0.252. The fourth-order valence-corrected chi connectivity index (χ4v) is 3.26. The zero-order valence-electron chi connectivity index (χ0n) is 15.3. The third-order valence-electron chi connectivity index (χ3n) is 4.90. The van der Waals surface area contributed by atoms with Crippen LogP contribution in [0.3, 0.4) is 0 Å². The molecule has 0 bridgehead atoms. The highest BCUT2D eigenvalue weighted by Gasteiger charge is 2.38. The maximum Gasteiger partial charge on any atom is 0.191 e. The average Bonchev–Trinajstić information content (AvgIpc) is 2.58. The van der Waals surface area contributed by atoms with Crippen molar-refractivity contribution in [3.63, 3.8) is 0 Å². The summed E-state index contributed by atoms with van der Waals surface area (Å²) >= 11 is 0. The van der Waals surface area contributed by atoms with Gasteiger partial charge in [0.25, 0.3) is 0 Å². The topological polar surface area (TPSA) is 45.7 Å². The SMILES string of the molecule is CCNC(=NCC1(c2ccccc2)CCC1)NCCCCCOC. The molecule has 0 saturated heterocycles. The Kier molecular flexibility index (Phi) is 8.10. The van der Waals surface area contributed by atoms with Crippen LogP contribution in [-0.2, 0) is 10.2 Å². The van der Waals surface area contributed by atoms with Gasteiger partial charge in [-0.25, -0.2) is 0 Å². The number of benzene rings is 1. The van der Waals surface area contributed by atoms with Gasteiger partial charge in [-0.15, -0.1) is 0 Å². The van der Waals surface area contributed by atoms with E-state index in [0.29, 0.717) is 0 Å². The number of aliphatic imine (C=N–C) groups is 1. The van der Waals surface area contributed by atoms with Crippen LogP contribution >= 0.6 is 0 Å². The lowest BCUT2D eigenvalue weighted by Gasteiger charge is -2.41. The van der Waals surface area contributed by atoms with Gasteiger partial charge in [-0.2, -0.15) is 0 Å². The van der Waals surface area contributed by atoms with Gasteiger partial charge in [0.15, 0.2) is 5.96 Å². The molecule has 0 atom stereocenters. The Morgan fingerprint density at radius 2 is 1.92 bits per heavy atom. The first-order valence-electron chi connectivity index (χ1n) is 9.37. The van der Waals surface area contributed by atoms with Gasteiger partial charge in [0, 0.05) is 32.2 Å². The Bertz CT molecular complexity index is 483. The van der Waals surface area contributed by atoms with Crippen molar-refractivity contribution in [2.75, 3.05) is 33.4 Å². The number of hydrogen-bond donors (Lipinski definition) is 2. The van der Waals surface area contributed by atoms with Crippen molar-refractivity contribution < 1.29 is 4.74 Å². The third-order valence-corrected chi connectivity index (χ3v) is 4.90. The Morgan fingerprint density at radius 1 is 1.12 bits per heavy atom. The van der Waals surface area contributed by atoms with Crippen LogP contribution in [0.25, 0.3) is 0 Å². The third kappa shape index (κ3) is 5.52. The maximum atomic E-state index is 5.09. The second kappa shape index (κ2) is 10.3. The summed E-state index contributed by atoms with van der Waals surface area (Å²) in [4.78, 5) is 4.89. The van der Waals surface area contributed by atoms with Crippen LogP contribution in [0.5, 0.6) is 0 Å². The monoisotopic (exact) mass is 331 g/mol. The molecule has 134 valence electrons. The van der Waals surface area contributed by atoms with E-state index in [2.05, 4.69) is 47.9 Å². The molecule has 1 aliphatic rings. The first kappa shape index (κ1) is 18.8. The number of nitrogens with one attached hydrogen (secondary N) is 2. The van der Waals surface area contributed by atoms with Crippen molar-refractivity contribution in [1.82, 2.24) is 10.6 Å². The van der Waals surface area contributed by atoms with Crippen LogP contribution in [0.15, 0.2) is 35.3 Å². The van der Waals surface area contributed by atoms with E-state index in [-0.39, 0.29) is 5.41 Å². The number of guanidine groups is 1. The van der Waals surface area contributed by atoms with Crippen molar-refractivity contribution in [1.29, 1.82) is 0 Å². The van der Waals surface area contributed by atoms with Gasteiger partial charge >= 0.3 is 0 Å². The van der Waals surface area contributed by atoms with Crippen LogP contribution < -0.4 is 10.6 Å². The fraction of sp³-hybridized carbons (Fsp3) is 0.650. The standard InChI is InChI=1S/C20H33N3O/c1-3-21-19(22-15-8-5-9-16-24-2)23-17-20(13-10-14-20)18-11-6-4-7-12-18/h4,6-7,11-12H,3,5,8-10,13-17H2,1-2H3,(H2,21,22,23). The first-order valence-corrected chi connectivity index (χ1v) is 9.37. The first-order chi connectivity index (χ1) is 11.8. The van der Waals surface area contributed by atoms with E-state index in [1.54, 1.807) is 7.11 Å². The number of hydrogen-bond acceptors (Lipinski definition) is 2. The molecule has 1 aliphatic carbocycles. The van der Waals surface area contributed by atoms with Crippen molar-refractivity contribution in [2.45, 2.75) is 50.9 Å². The summed E-state index contributed by atoms with van der Waals surface area (Å²) in [6.07, 6.45) is 7.27. The van der Waals surface area contributed by atoms with Crippen LogP contribution in [0.4, 0.5) is 0 Å². The van der Waals surface area contributed by atoms with E-state index in [9.17, 15) is 0 Å². The number of methoxy groups -OCH3 is 1. The fourth-order valence-electron chi connectivity index (χ4n) is 3.26. The summed E-state index contributed by atoms with van der Waals surface area (Å²) in [5, 5.41) is 6.84. The van der Waals surface area contributed by atoms with Gasteiger partial charge < -0.3 is 15.4 Å². The molecule has 4 heteroatoms. The summed E-state index contributed by atoms with van der Waals surface area (Å²) in [6.45, 7) is 5.71. The second-order valence-corrected chi connectivity index (χ2v) is 6.68. The van der Waals surface area contributed by atoms with Crippen LogP contribution in [0.2, 0.25) is 0 Å². The molecule has 0 spiro atoms. The molecule has 1 saturated carbocycles. The van der Waals surface area contributed by atoms with Crippen LogP contribution in [0.1, 0.15) is 51.0 Å². The maximum absolute atomic E-state index is 5.09. The zero-order valence-corrected chi connectivity index (χ0v) is 15.3. The lowest BCUT2D eigenvalue weighted by Crippen LogP contribution is -2.42. The predicted molar refractivity (Wildman–Crippen MR) is 102 cm³/mol. The highest BCUT2D eigenvalue weighted by Crippen LogP contribution is 2.43. The predicted octanol–water partition coefficient (Wildman–Crippen LogP) is 3.48. The normalized spacial score (nSPS) is 16.5. The zero-order chi connectivity index (χ0) is 17.1. The Hall–Kier alpha value is -1.55. The summed E-state index contributed by atoms with van der Waals surface area (Å²) in [5.74, 6) is 0.950. The van der Waals surface area contributed by atoms with Crippen LogP contribution in [0, 0.1) is 0 Å². The molecule has 0 aliphatic heterocycles. The van der Waals surface area contributed by atoms with Gasteiger partial charge in [-0.1, -0.05) is 36.8 Å². The second-order valence-electron chi connectivity index (χ2n) is 6.68. The van der Waals surface area contributed by atoms with Gasteiger partial charge in [0.05, 0.1) is 6.54 Å². The number of ether oxygens (including phenoxy) is 1. The van der Waals surface area contributed by atoms with E-state index < -0.39 is 0 Å². The summed E-state index contributed by atoms with van der Waals surface area (Å²) < 4.78 is 5.09. The number of unbranched alkanes of at least 4 members (excludes halogenated alkanes) is 2. The smallest absolute Gasteiger partial charge is 0.191 e. The Morgan fingerprint density at radius 3 is 2.54 bits per heavy atom. The van der Waals surface area contributed by atoms with E-state index in [1.165, 1.54) is 31.2 Å². The quantitative estimate of drug-likeness (QED) is 0.392. The highest BCUT2D eigenvalue weighted by atomic mass is 16.5. The van der Waals surface area contributed by atoms with Gasteiger partial charge in [-0.05, 0) is 44.6 Å². The van der Waals surface area contributed by atoms with Gasteiger partial charge in [0.2, 0.25) is 0 Å². The van der Waals surface area contributed by atoms with Crippen molar-refractivity contribution in [3.8, 4) is 0 Å². The van der Waals surface area contributed by atoms with Gasteiger partial charge in [0.1, 0.15) is 0 Å². The molecule has 0 heterocycles. The molecule has 1 fully saturated rings. The lowest BCUT2D eigenvalue weighted by molar-refractivity contribution is 0.192. The molecule has 2 N–H and O–H groups in total. The lowest BCUT2D eigenvalue weighted by atomic mass is 9.64. The van der Waals surface area contributed by atoms with Crippen LogP contribution in [-0.4, -0.2) is 39.3 Å². The molecule has 0 radical (unpaired) electrons. The van der Waals surface area contributed by atoms with Crippen molar-refractivity contribution in [3.05, 3.63) is 35.9 Å². The minimum Gasteiger partial charge on any atom is -0.385 e. The molecule has 4 nitrogen and oxygen atoms in total. The minimum absolute atomic E-state index is 0.252. The summed E-state index contributed by atoms with van der Waals surface area (Å²) in [7, 11) is 1.76. The Balaban J connectivity index is 1.85. The van der Waals surface area contributed by atoms with E-state index in [1.807, 2.05) is 0 Å². The molecular weight excluding hydrogens is 298 g/mol. The molecule has 0 unspecified atom stereocenters. The summed E-state index contributed by atoms with van der Waals surface area (Å²) in [6, 6.07) is 10.9. The number of nitrogens with zero attached hydrogens (tertiary/aromatic N) is 1. The molecule has 0 amide bonds. The molecule has 2 rings (SSSR count). The van der Waals surface area contributed by atoms with E-state index in [4.69, 9.17) is 9.73 Å². The largest absolute Gasteiger partial charge is 0.385 e. The molecule has 24 heavy (non-hydrogen) atoms. The van der Waals surface area contributed by atoms with Gasteiger partial charge in [-0.3, -0.25) is 4.99 Å². The summed E-state index contributed by atoms with van der Waals surface area (Å²) in [5.41, 5.74) is 1.69. The highest BCUT2D eigenvalue weighted by molar-refractivity contribution is 5.79. The van der Waals surface area contributed by atoms with E-state index >= 15 is 0 Å². The van der Waals surface area contributed by atoms with Crippen molar-refractivity contribution in [2.24, 2.45) is 4.99 Å². The molecule has 1 aromatic carbocycles. The molecule has 0 aromatic heterocycles. The van der Waals surface area contributed by atoms with E-state index in [0.717, 1.165) is 45.0 Å². The Labute approximate surface area is 147 Å².